The fourth-order valence-corrected chi connectivity index (χ4v) is 1.76. The summed E-state index contributed by atoms with van der Waals surface area (Å²) < 4.78 is 1.77. The lowest BCUT2D eigenvalue weighted by Crippen LogP contribution is -1.98. The van der Waals surface area contributed by atoms with Crippen LogP contribution in [0, 0.1) is 0 Å². The summed E-state index contributed by atoms with van der Waals surface area (Å²) in [5.41, 5.74) is 8.49. The molecule has 0 radical (unpaired) electrons. The molecule has 1 aromatic carbocycles. The van der Waals surface area contributed by atoms with E-state index in [-0.39, 0.29) is 0 Å². The third kappa shape index (κ3) is 1.79. The molecule has 0 saturated heterocycles. The minimum atomic E-state index is 0.510. The Labute approximate surface area is 98.7 Å². The van der Waals surface area contributed by atoms with Gasteiger partial charge in [-0.25, -0.2) is 9.50 Å². The van der Waals surface area contributed by atoms with E-state index in [2.05, 4.69) is 10.1 Å². The van der Waals surface area contributed by atoms with Crippen LogP contribution in [0.3, 0.4) is 0 Å². The highest BCUT2D eigenvalue weighted by atomic mass is 15.3. The molecule has 0 amide bonds. The van der Waals surface area contributed by atoms with E-state index in [4.69, 9.17) is 5.73 Å². The van der Waals surface area contributed by atoms with Crippen molar-refractivity contribution in [3.63, 3.8) is 0 Å². The van der Waals surface area contributed by atoms with Gasteiger partial charge in [0.1, 0.15) is 0 Å². The van der Waals surface area contributed by atoms with Crippen LogP contribution in [-0.2, 0) is 6.54 Å². The van der Waals surface area contributed by atoms with Crippen LogP contribution >= 0.6 is 0 Å². The Hall–Kier alpha value is -2.20. The van der Waals surface area contributed by atoms with Gasteiger partial charge in [0.2, 0.25) is 0 Å². The van der Waals surface area contributed by atoms with Crippen LogP contribution in [0.15, 0.2) is 48.7 Å². The summed E-state index contributed by atoms with van der Waals surface area (Å²) in [5.74, 6) is 0.736. The standard InChI is InChI=1S/C13H12N4/c14-8-10-6-7-12-15-13(16-17(12)9-10)11-4-2-1-3-5-11/h1-7,9H,8,14H2. The summed E-state index contributed by atoms with van der Waals surface area (Å²) in [6, 6.07) is 13.8. The minimum Gasteiger partial charge on any atom is -0.326 e. The normalized spacial score (nSPS) is 10.9. The first-order chi connectivity index (χ1) is 8.36. The van der Waals surface area contributed by atoms with E-state index in [9.17, 15) is 0 Å². The van der Waals surface area contributed by atoms with Gasteiger partial charge < -0.3 is 5.73 Å². The SMILES string of the molecule is NCc1ccc2nc(-c3ccccc3)nn2c1. The molecule has 2 N–H and O–H groups in total. The van der Waals surface area contributed by atoms with Crippen molar-refractivity contribution in [1.82, 2.24) is 14.6 Å². The first kappa shape index (κ1) is 9.99. The number of nitrogens with zero attached hydrogens (tertiary/aromatic N) is 3. The summed E-state index contributed by atoms with van der Waals surface area (Å²) in [5, 5.41) is 4.44. The van der Waals surface area contributed by atoms with E-state index in [1.807, 2.05) is 48.7 Å². The van der Waals surface area contributed by atoms with Gasteiger partial charge >= 0.3 is 0 Å². The molecule has 84 valence electrons. The molecule has 2 aromatic heterocycles. The molecule has 3 rings (SSSR count). The van der Waals surface area contributed by atoms with Gasteiger partial charge in [-0.15, -0.1) is 5.10 Å². The fraction of sp³-hybridized carbons (Fsp3) is 0.0769. The van der Waals surface area contributed by atoms with Gasteiger partial charge in [-0.05, 0) is 11.6 Å². The van der Waals surface area contributed by atoms with Gasteiger partial charge in [0.05, 0.1) is 0 Å². The van der Waals surface area contributed by atoms with E-state index in [0.29, 0.717) is 6.54 Å². The summed E-state index contributed by atoms with van der Waals surface area (Å²) in [7, 11) is 0. The molecule has 0 aliphatic rings. The zero-order valence-corrected chi connectivity index (χ0v) is 9.24. The molecular weight excluding hydrogens is 212 g/mol. The molecule has 0 bridgehead atoms. The molecule has 4 nitrogen and oxygen atoms in total. The average Bonchev–Trinajstić information content (AvgIpc) is 2.82. The van der Waals surface area contributed by atoms with E-state index < -0.39 is 0 Å². The Morgan fingerprint density at radius 2 is 1.88 bits per heavy atom. The molecular formula is C13H12N4. The second-order valence-corrected chi connectivity index (χ2v) is 3.85. The maximum Gasteiger partial charge on any atom is 0.182 e. The van der Waals surface area contributed by atoms with Crippen molar-refractivity contribution in [2.45, 2.75) is 6.54 Å². The highest BCUT2D eigenvalue weighted by molar-refractivity contribution is 5.57. The van der Waals surface area contributed by atoms with Crippen LogP contribution in [-0.4, -0.2) is 14.6 Å². The summed E-state index contributed by atoms with van der Waals surface area (Å²) in [4.78, 5) is 4.47. The molecule has 2 heterocycles. The monoisotopic (exact) mass is 224 g/mol. The minimum absolute atomic E-state index is 0.510. The molecule has 4 heteroatoms. The number of nitrogens with two attached hydrogens (primary N) is 1. The molecule has 0 saturated carbocycles. The number of rotatable bonds is 2. The molecule has 0 spiro atoms. The number of benzene rings is 1. The molecule has 0 aliphatic heterocycles. The van der Waals surface area contributed by atoms with Gasteiger partial charge in [0, 0.05) is 18.3 Å². The van der Waals surface area contributed by atoms with E-state index in [1.165, 1.54) is 0 Å². The van der Waals surface area contributed by atoms with Crippen LogP contribution in [0.4, 0.5) is 0 Å². The maximum absolute atomic E-state index is 5.60. The van der Waals surface area contributed by atoms with Gasteiger partial charge in [-0.3, -0.25) is 0 Å². The van der Waals surface area contributed by atoms with Crippen LogP contribution in [0.2, 0.25) is 0 Å². The third-order valence-electron chi connectivity index (χ3n) is 2.66. The number of pyridine rings is 1. The molecule has 17 heavy (non-hydrogen) atoms. The quantitative estimate of drug-likeness (QED) is 0.722. The summed E-state index contributed by atoms with van der Waals surface area (Å²) in [6.07, 6.45) is 1.91. The molecule has 0 atom stereocenters. The van der Waals surface area contributed by atoms with Gasteiger partial charge in [-0.2, -0.15) is 0 Å². The highest BCUT2D eigenvalue weighted by Gasteiger charge is 2.05. The highest BCUT2D eigenvalue weighted by Crippen LogP contribution is 2.15. The third-order valence-corrected chi connectivity index (χ3v) is 2.66. The lowest BCUT2D eigenvalue weighted by atomic mass is 10.2. The second kappa shape index (κ2) is 3.99. The number of aromatic nitrogens is 3. The lowest BCUT2D eigenvalue weighted by molar-refractivity contribution is 0.931. The number of fused-ring (bicyclic) bond motifs is 1. The van der Waals surface area contributed by atoms with Crippen molar-refractivity contribution < 1.29 is 0 Å². The predicted molar refractivity (Wildman–Crippen MR) is 66.3 cm³/mol. The zero-order chi connectivity index (χ0) is 11.7. The Bertz CT molecular complexity index is 643. The second-order valence-electron chi connectivity index (χ2n) is 3.85. The van der Waals surface area contributed by atoms with Crippen molar-refractivity contribution in [1.29, 1.82) is 0 Å². The van der Waals surface area contributed by atoms with Crippen LogP contribution in [0.1, 0.15) is 5.56 Å². The van der Waals surface area contributed by atoms with Crippen molar-refractivity contribution in [2.24, 2.45) is 5.73 Å². The van der Waals surface area contributed by atoms with Gasteiger partial charge in [0.25, 0.3) is 0 Å². The Kier molecular flexibility index (Phi) is 2.34. The zero-order valence-electron chi connectivity index (χ0n) is 9.24. The molecule has 0 aliphatic carbocycles. The smallest absolute Gasteiger partial charge is 0.182 e. The predicted octanol–water partition coefficient (Wildman–Crippen LogP) is 1.85. The van der Waals surface area contributed by atoms with Crippen LogP contribution < -0.4 is 5.73 Å². The van der Waals surface area contributed by atoms with Crippen molar-refractivity contribution in [3.05, 3.63) is 54.2 Å². The average molecular weight is 224 g/mol. The van der Waals surface area contributed by atoms with Gasteiger partial charge in [0.15, 0.2) is 11.5 Å². The van der Waals surface area contributed by atoms with Crippen LogP contribution in [0.25, 0.3) is 17.0 Å². The largest absolute Gasteiger partial charge is 0.326 e. The fourth-order valence-electron chi connectivity index (χ4n) is 1.76. The van der Waals surface area contributed by atoms with Crippen molar-refractivity contribution >= 4 is 5.65 Å². The molecule has 0 fully saturated rings. The molecule has 3 aromatic rings. The van der Waals surface area contributed by atoms with E-state index in [0.717, 1.165) is 22.6 Å². The van der Waals surface area contributed by atoms with E-state index >= 15 is 0 Å². The Balaban J connectivity index is 2.14. The van der Waals surface area contributed by atoms with E-state index in [1.54, 1.807) is 4.52 Å². The summed E-state index contributed by atoms with van der Waals surface area (Å²) in [6.45, 7) is 0.510. The first-order valence-corrected chi connectivity index (χ1v) is 5.47. The topological polar surface area (TPSA) is 56.2 Å². The summed E-state index contributed by atoms with van der Waals surface area (Å²) >= 11 is 0. The van der Waals surface area contributed by atoms with Crippen molar-refractivity contribution in [3.8, 4) is 11.4 Å². The Morgan fingerprint density at radius 3 is 2.65 bits per heavy atom. The lowest BCUT2D eigenvalue weighted by Gasteiger charge is -1.95. The molecule has 0 unspecified atom stereocenters. The number of hydrogen-bond acceptors (Lipinski definition) is 3. The first-order valence-electron chi connectivity index (χ1n) is 5.47. The van der Waals surface area contributed by atoms with Gasteiger partial charge in [-0.1, -0.05) is 36.4 Å². The maximum atomic E-state index is 5.60. The van der Waals surface area contributed by atoms with Crippen molar-refractivity contribution in [2.75, 3.05) is 0 Å². The number of hydrogen-bond donors (Lipinski definition) is 1. The van der Waals surface area contributed by atoms with Crippen LogP contribution in [0.5, 0.6) is 0 Å². The Morgan fingerprint density at radius 1 is 1.06 bits per heavy atom.